The number of nitrogens with zero attached hydrogens (tertiary/aromatic N) is 1. The first kappa shape index (κ1) is 16.1. The van der Waals surface area contributed by atoms with Crippen LogP contribution in [-0.2, 0) is 9.53 Å². The quantitative estimate of drug-likeness (QED) is 0.413. The molecule has 2 saturated heterocycles. The Labute approximate surface area is 130 Å². The lowest BCUT2D eigenvalue weighted by atomic mass is 9.81. The van der Waals surface area contributed by atoms with E-state index in [9.17, 15) is 15.0 Å². The van der Waals surface area contributed by atoms with Crippen molar-refractivity contribution in [2.24, 2.45) is 5.92 Å². The molecule has 0 aromatic rings. The molecule has 1 amide bonds. The summed E-state index contributed by atoms with van der Waals surface area (Å²) in [5, 5.41) is 20.2. The van der Waals surface area contributed by atoms with E-state index >= 15 is 0 Å². The van der Waals surface area contributed by atoms with Crippen molar-refractivity contribution in [1.29, 1.82) is 0 Å². The molecular formula is C14H26N4O4. The Morgan fingerprint density at radius 1 is 1.23 bits per heavy atom. The van der Waals surface area contributed by atoms with Gasteiger partial charge in [0.15, 0.2) is 0 Å². The number of hydrazine groups is 2. The number of nitrogens with one attached hydrogen (secondary N) is 3. The minimum absolute atomic E-state index is 0.0301. The standard InChI is InChI=1S/C14H26N4O4/c19-10-5-11(20)13(14(21)18-3-1-2-4-18)12(6-10)22-8-9-7-15-17-16-9/h9-13,15-17,19-20H,1-8H2. The fourth-order valence-electron chi connectivity index (χ4n) is 3.55. The smallest absolute Gasteiger partial charge is 0.230 e. The number of aliphatic hydroxyl groups is 2. The maximum Gasteiger partial charge on any atom is 0.230 e. The van der Waals surface area contributed by atoms with Crippen LogP contribution >= 0.6 is 0 Å². The van der Waals surface area contributed by atoms with Crippen molar-refractivity contribution >= 4 is 5.91 Å². The molecule has 0 aromatic carbocycles. The molecule has 3 fully saturated rings. The Kier molecular flexibility index (Phi) is 5.27. The summed E-state index contributed by atoms with van der Waals surface area (Å²) in [4.78, 5) is 14.5. The molecule has 8 nitrogen and oxygen atoms in total. The van der Waals surface area contributed by atoms with Crippen molar-refractivity contribution in [3.05, 3.63) is 0 Å². The molecule has 0 radical (unpaired) electrons. The number of ether oxygens (including phenoxy) is 1. The summed E-state index contributed by atoms with van der Waals surface area (Å²) in [6.45, 7) is 2.67. The van der Waals surface area contributed by atoms with E-state index in [0.717, 1.165) is 32.5 Å². The molecule has 2 heterocycles. The lowest BCUT2D eigenvalue weighted by Gasteiger charge is -2.38. The maximum atomic E-state index is 12.7. The monoisotopic (exact) mass is 314 g/mol. The van der Waals surface area contributed by atoms with E-state index in [0.29, 0.717) is 13.0 Å². The molecule has 5 atom stereocenters. The van der Waals surface area contributed by atoms with Gasteiger partial charge in [0.1, 0.15) is 0 Å². The molecule has 3 rings (SSSR count). The summed E-state index contributed by atoms with van der Waals surface area (Å²) in [5.74, 6) is -0.596. The fourth-order valence-corrected chi connectivity index (χ4v) is 3.55. The molecule has 22 heavy (non-hydrogen) atoms. The number of likely N-dealkylation sites (tertiary alicyclic amines) is 1. The van der Waals surface area contributed by atoms with Crippen LogP contribution in [0.25, 0.3) is 0 Å². The first-order valence-electron chi connectivity index (χ1n) is 8.15. The third-order valence-electron chi connectivity index (χ3n) is 4.76. The average molecular weight is 314 g/mol. The first-order chi connectivity index (χ1) is 10.6. The highest BCUT2D eigenvalue weighted by Gasteiger charge is 2.43. The number of aliphatic hydroxyl groups excluding tert-OH is 2. The summed E-state index contributed by atoms with van der Waals surface area (Å²) in [6.07, 6.45) is 0.793. The van der Waals surface area contributed by atoms with Gasteiger partial charge in [-0.25, -0.2) is 10.9 Å². The molecular weight excluding hydrogens is 288 g/mol. The van der Waals surface area contributed by atoms with Crippen molar-refractivity contribution in [3.8, 4) is 0 Å². The highest BCUT2D eigenvalue weighted by atomic mass is 16.5. The van der Waals surface area contributed by atoms with Gasteiger partial charge >= 0.3 is 0 Å². The Hall–Kier alpha value is -0.770. The van der Waals surface area contributed by atoms with Gasteiger partial charge in [-0.15, -0.1) is 0 Å². The predicted molar refractivity (Wildman–Crippen MR) is 78.4 cm³/mol. The fraction of sp³-hybridized carbons (Fsp3) is 0.929. The van der Waals surface area contributed by atoms with E-state index in [-0.39, 0.29) is 18.4 Å². The lowest BCUT2D eigenvalue weighted by molar-refractivity contribution is -0.157. The van der Waals surface area contributed by atoms with E-state index in [2.05, 4.69) is 16.4 Å². The van der Waals surface area contributed by atoms with Crippen LogP contribution in [0.15, 0.2) is 0 Å². The van der Waals surface area contributed by atoms with E-state index in [1.807, 2.05) is 4.90 Å². The zero-order chi connectivity index (χ0) is 15.5. The number of rotatable bonds is 4. The van der Waals surface area contributed by atoms with Crippen molar-refractivity contribution in [2.75, 3.05) is 26.2 Å². The van der Waals surface area contributed by atoms with E-state index in [1.54, 1.807) is 0 Å². The molecule has 0 spiro atoms. The van der Waals surface area contributed by atoms with Crippen LogP contribution in [-0.4, -0.2) is 71.6 Å². The largest absolute Gasteiger partial charge is 0.393 e. The Morgan fingerprint density at radius 3 is 2.68 bits per heavy atom. The van der Waals surface area contributed by atoms with Crippen molar-refractivity contribution in [3.63, 3.8) is 0 Å². The Morgan fingerprint density at radius 2 is 2.00 bits per heavy atom. The van der Waals surface area contributed by atoms with Crippen LogP contribution in [0.3, 0.4) is 0 Å². The molecule has 5 N–H and O–H groups in total. The molecule has 2 aliphatic heterocycles. The molecule has 0 aromatic heterocycles. The number of hydrogen-bond acceptors (Lipinski definition) is 7. The molecule has 8 heteroatoms. The topological polar surface area (TPSA) is 106 Å². The summed E-state index contributed by atoms with van der Waals surface area (Å²) in [6, 6.07) is 0.110. The average Bonchev–Trinajstić information content (AvgIpc) is 3.17. The second-order valence-electron chi connectivity index (χ2n) is 6.47. The van der Waals surface area contributed by atoms with Gasteiger partial charge in [-0.3, -0.25) is 4.79 Å². The third-order valence-corrected chi connectivity index (χ3v) is 4.76. The Balaban J connectivity index is 1.63. The van der Waals surface area contributed by atoms with Crippen LogP contribution in [0.4, 0.5) is 0 Å². The van der Waals surface area contributed by atoms with Crippen molar-refractivity contribution < 1.29 is 19.7 Å². The highest BCUT2D eigenvalue weighted by molar-refractivity contribution is 5.80. The van der Waals surface area contributed by atoms with E-state index in [1.165, 1.54) is 0 Å². The van der Waals surface area contributed by atoms with E-state index < -0.39 is 24.2 Å². The van der Waals surface area contributed by atoms with Crippen LogP contribution in [0.2, 0.25) is 0 Å². The van der Waals surface area contributed by atoms with E-state index in [4.69, 9.17) is 4.74 Å². The lowest BCUT2D eigenvalue weighted by Crippen LogP contribution is -2.52. The summed E-state index contributed by atoms with van der Waals surface area (Å²) in [7, 11) is 0. The van der Waals surface area contributed by atoms with Gasteiger partial charge in [0, 0.05) is 32.5 Å². The number of hydrogen-bond donors (Lipinski definition) is 5. The van der Waals surface area contributed by atoms with Gasteiger partial charge in [0.05, 0.1) is 36.9 Å². The Bertz CT molecular complexity index is 385. The molecule has 0 bridgehead atoms. The van der Waals surface area contributed by atoms with Gasteiger partial charge in [0.25, 0.3) is 0 Å². The zero-order valence-electron chi connectivity index (χ0n) is 12.7. The summed E-state index contributed by atoms with van der Waals surface area (Å²) in [5.41, 5.74) is 8.76. The minimum atomic E-state index is -0.838. The molecule has 5 unspecified atom stereocenters. The second-order valence-corrected chi connectivity index (χ2v) is 6.47. The van der Waals surface area contributed by atoms with Gasteiger partial charge in [0.2, 0.25) is 5.91 Å². The molecule has 1 aliphatic carbocycles. The predicted octanol–water partition coefficient (Wildman–Crippen LogP) is -1.89. The first-order valence-corrected chi connectivity index (χ1v) is 8.15. The summed E-state index contributed by atoms with van der Waals surface area (Å²) >= 11 is 0. The van der Waals surface area contributed by atoms with Gasteiger partial charge in [-0.2, -0.15) is 5.53 Å². The maximum absolute atomic E-state index is 12.7. The number of amides is 1. The third kappa shape index (κ3) is 3.58. The molecule has 1 saturated carbocycles. The number of carbonyl (C=O) groups is 1. The van der Waals surface area contributed by atoms with Crippen LogP contribution in [0, 0.1) is 5.92 Å². The zero-order valence-corrected chi connectivity index (χ0v) is 12.7. The van der Waals surface area contributed by atoms with Crippen LogP contribution < -0.4 is 16.4 Å². The molecule has 3 aliphatic rings. The SMILES string of the molecule is O=C(C1C(O)CC(O)CC1OCC1CNNN1)N1CCCC1. The number of carbonyl (C=O) groups excluding carboxylic acids is 1. The van der Waals surface area contributed by atoms with Gasteiger partial charge in [-0.1, -0.05) is 0 Å². The van der Waals surface area contributed by atoms with Crippen LogP contribution in [0.5, 0.6) is 0 Å². The second kappa shape index (κ2) is 7.20. The summed E-state index contributed by atoms with van der Waals surface area (Å²) < 4.78 is 5.89. The minimum Gasteiger partial charge on any atom is -0.393 e. The van der Waals surface area contributed by atoms with Gasteiger partial charge in [-0.05, 0) is 12.8 Å². The van der Waals surface area contributed by atoms with Crippen LogP contribution in [0.1, 0.15) is 25.7 Å². The van der Waals surface area contributed by atoms with Gasteiger partial charge < -0.3 is 19.8 Å². The normalized spacial score (nSPS) is 39.4. The van der Waals surface area contributed by atoms with Crippen molar-refractivity contribution in [1.82, 2.24) is 21.3 Å². The molecule has 126 valence electrons. The van der Waals surface area contributed by atoms with Crippen molar-refractivity contribution in [2.45, 2.75) is 50.0 Å². The highest BCUT2D eigenvalue weighted by Crippen LogP contribution is 2.30.